The summed E-state index contributed by atoms with van der Waals surface area (Å²) < 4.78 is 13.2. The van der Waals surface area contributed by atoms with Gasteiger partial charge in [0.05, 0.1) is 5.60 Å². The van der Waals surface area contributed by atoms with Gasteiger partial charge in [-0.15, -0.1) is 0 Å². The van der Waals surface area contributed by atoms with E-state index < -0.39 is 5.60 Å². The maximum absolute atomic E-state index is 13.2. The van der Waals surface area contributed by atoms with Crippen molar-refractivity contribution in [2.24, 2.45) is 5.73 Å². The third kappa shape index (κ3) is 2.11. The normalized spacial score (nSPS) is 30.4. The summed E-state index contributed by atoms with van der Waals surface area (Å²) in [6, 6.07) is 5.05. The van der Waals surface area contributed by atoms with Crippen LogP contribution in [0, 0.1) is 12.7 Å². The van der Waals surface area contributed by atoms with Gasteiger partial charge in [-0.05, 0) is 49.8 Å². The smallest absolute Gasteiger partial charge is 0.126 e. The van der Waals surface area contributed by atoms with Crippen LogP contribution in [0.1, 0.15) is 36.8 Å². The van der Waals surface area contributed by atoms with Gasteiger partial charge in [0.25, 0.3) is 0 Å². The summed E-state index contributed by atoms with van der Waals surface area (Å²) in [5.41, 5.74) is 6.41. The lowest BCUT2D eigenvalue weighted by Crippen LogP contribution is -2.36. The Labute approximate surface area is 95.3 Å². The molecule has 0 heterocycles. The summed E-state index contributed by atoms with van der Waals surface area (Å²) in [6.07, 6.45) is 2.98. The third-order valence-corrected chi connectivity index (χ3v) is 3.55. The van der Waals surface area contributed by atoms with Crippen LogP contribution in [0.5, 0.6) is 0 Å². The van der Waals surface area contributed by atoms with Gasteiger partial charge in [-0.25, -0.2) is 4.39 Å². The van der Waals surface area contributed by atoms with Crippen molar-refractivity contribution in [1.29, 1.82) is 0 Å². The molecule has 1 fully saturated rings. The lowest BCUT2D eigenvalue weighted by atomic mass is 9.77. The highest BCUT2D eigenvalue weighted by Crippen LogP contribution is 2.36. The molecule has 1 aromatic rings. The van der Waals surface area contributed by atoms with Crippen LogP contribution in [0.2, 0.25) is 0 Å². The van der Waals surface area contributed by atoms with Crippen LogP contribution in [-0.4, -0.2) is 11.1 Å². The molecule has 1 aliphatic rings. The second-order valence-corrected chi connectivity index (χ2v) is 4.83. The van der Waals surface area contributed by atoms with Crippen molar-refractivity contribution in [3.63, 3.8) is 0 Å². The molecule has 1 aliphatic carbocycles. The average Bonchev–Trinajstić information content (AvgIpc) is 2.26. The van der Waals surface area contributed by atoms with E-state index >= 15 is 0 Å². The Morgan fingerprint density at radius 2 is 2.00 bits per heavy atom. The van der Waals surface area contributed by atoms with Gasteiger partial charge in [-0.3, -0.25) is 0 Å². The molecule has 1 aromatic carbocycles. The van der Waals surface area contributed by atoms with Crippen LogP contribution in [0.15, 0.2) is 18.2 Å². The molecule has 0 unspecified atom stereocenters. The van der Waals surface area contributed by atoms with Crippen LogP contribution in [-0.2, 0) is 5.60 Å². The molecule has 0 spiro atoms. The molecule has 88 valence electrons. The summed E-state index contributed by atoms with van der Waals surface area (Å²) in [7, 11) is 0. The molecular formula is C13H18FNO. The zero-order valence-electron chi connectivity index (χ0n) is 9.54. The minimum atomic E-state index is -0.811. The molecule has 0 aromatic heterocycles. The van der Waals surface area contributed by atoms with E-state index in [1.54, 1.807) is 19.1 Å². The average molecular weight is 223 g/mol. The molecular weight excluding hydrogens is 205 g/mol. The minimum Gasteiger partial charge on any atom is -0.385 e. The second-order valence-electron chi connectivity index (χ2n) is 4.83. The highest BCUT2D eigenvalue weighted by molar-refractivity contribution is 5.29. The topological polar surface area (TPSA) is 46.2 Å². The Morgan fingerprint density at radius 3 is 2.56 bits per heavy atom. The SMILES string of the molecule is Cc1cc(C2(O)CCC(N)CC2)ccc1F. The molecule has 3 heteroatoms. The summed E-state index contributed by atoms with van der Waals surface area (Å²) in [4.78, 5) is 0. The van der Waals surface area contributed by atoms with E-state index in [1.807, 2.05) is 0 Å². The Morgan fingerprint density at radius 1 is 1.38 bits per heavy atom. The fraction of sp³-hybridized carbons (Fsp3) is 0.538. The van der Waals surface area contributed by atoms with E-state index in [9.17, 15) is 9.50 Å². The standard InChI is InChI=1S/C13H18FNO/c1-9-8-10(2-3-12(9)14)13(16)6-4-11(15)5-7-13/h2-3,8,11,16H,4-7,15H2,1H3. The van der Waals surface area contributed by atoms with Gasteiger partial charge >= 0.3 is 0 Å². The lowest BCUT2D eigenvalue weighted by molar-refractivity contribution is -0.00506. The first kappa shape index (κ1) is 11.6. The number of aliphatic hydroxyl groups is 1. The van der Waals surface area contributed by atoms with Gasteiger partial charge in [-0.1, -0.05) is 12.1 Å². The number of hydrogen-bond donors (Lipinski definition) is 2. The van der Waals surface area contributed by atoms with Gasteiger partial charge in [-0.2, -0.15) is 0 Å². The van der Waals surface area contributed by atoms with Crippen LogP contribution in [0.3, 0.4) is 0 Å². The number of aryl methyl sites for hydroxylation is 1. The zero-order chi connectivity index (χ0) is 11.8. The summed E-state index contributed by atoms with van der Waals surface area (Å²) in [5.74, 6) is -0.222. The monoisotopic (exact) mass is 223 g/mol. The summed E-state index contributed by atoms with van der Waals surface area (Å²) >= 11 is 0. The Kier molecular flexibility index (Phi) is 3.00. The van der Waals surface area contributed by atoms with Crippen LogP contribution in [0.25, 0.3) is 0 Å². The molecule has 0 saturated heterocycles. The molecule has 2 rings (SSSR count). The van der Waals surface area contributed by atoms with Gasteiger partial charge in [0, 0.05) is 6.04 Å². The fourth-order valence-electron chi connectivity index (χ4n) is 2.34. The van der Waals surface area contributed by atoms with Crippen molar-refractivity contribution in [2.45, 2.75) is 44.2 Å². The Balaban J connectivity index is 2.25. The van der Waals surface area contributed by atoms with E-state index in [4.69, 9.17) is 5.73 Å². The predicted octanol–water partition coefficient (Wildman–Crippen LogP) is 2.22. The van der Waals surface area contributed by atoms with Crippen molar-refractivity contribution in [2.75, 3.05) is 0 Å². The molecule has 0 radical (unpaired) electrons. The molecule has 0 atom stereocenters. The molecule has 16 heavy (non-hydrogen) atoms. The van der Waals surface area contributed by atoms with Crippen LogP contribution in [0.4, 0.5) is 4.39 Å². The van der Waals surface area contributed by atoms with Crippen molar-refractivity contribution in [3.05, 3.63) is 35.1 Å². The van der Waals surface area contributed by atoms with Gasteiger partial charge < -0.3 is 10.8 Å². The largest absolute Gasteiger partial charge is 0.385 e. The highest BCUT2D eigenvalue weighted by atomic mass is 19.1. The van der Waals surface area contributed by atoms with Crippen LogP contribution < -0.4 is 5.73 Å². The Hall–Kier alpha value is -0.930. The minimum absolute atomic E-state index is 0.196. The molecule has 0 amide bonds. The van der Waals surface area contributed by atoms with Crippen LogP contribution >= 0.6 is 0 Å². The molecule has 1 saturated carbocycles. The number of benzene rings is 1. The first-order valence-electron chi connectivity index (χ1n) is 5.76. The van der Waals surface area contributed by atoms with Gasteiger partial charge in [0.15, 0.2) is 0 Å². The number of nitrogens with two attached hydrogens (primary N) is 1. The number of hydrogen-bond acceptors (Lipinski definition) is 2. The van der Waals surface area contributed by atoms with E-state index in [1.165, 1.54) is 6.07 Å². The van der Waals surface area contributed by atoms with Crippen molar-refractivity contribution in [1.82, 2.24) is 0 Å². The van der Waals surface area contributed by atoms with Crippen molar-refractivity contribution >= 4 is 0 Å². The zero-order valence-corrected chi connectivity index (χ0v) is 9.54. The quantitative estimate of drug-likeness (QED) is 0.767. The maximum Gasteiger partial charge on any atom is 0.126 e. The van der Waals surface area contributed by atoms with E-state index in [0.717, 1.165) is 18.4 Å². The van der Waals surface area contributed by atoms with Crippen molar-refractivity contribution in [3.8, 4) is 0 Å². The predicted molar refractivity (Wildman–Crippen MR) is 61.5 cm³/mol. The van der Waals surface area contributed by atoms with E-state index in [-0.39, 0.29) is 11.9 Å². The summed E-state index contributed by atoms with van der Waals surface area (Å²) in [5, 5.41) is 10.5. The lowest BCUT2D eigenvalue weighted by Gasteiger charge is -2.35. The number of halogens is 1. The van der Waals surface area contributed by atoms with Crippen molar-refractivity contribution < 1.29 is 9.50 Å². The molecule has 2 nitrogen and oxygen atoms in total. The van der Waals surface area contributed by atoms with E-state index in [2.05, 4.69) is 0 Å². The Bertz CT molecular complexity index is 384. The molecule has 3 N–H and O–H groups in total. The van der Waals surface area contributed by atoms with E-state index in [0.29, 0.717) is 18.4 Å². The number of rotatable bonds is 1. The van der Waals surface area contributed by atoms with Gasteiger partial charge in [0.1, 0.15) is 5.82 Å². The van der Waals surface area contributed by atoms with Gasteiger partial charge in [0.2, 0.25) is 0 Å². The first-order valence-corrected chi connectivity index (χ1v) is 5.76. The second kappa shape index (κ2) is 4.15. The molecule has 0 bridgehead atoms. The highest BCUT2D eigenvalue weighted by Gasteiger charge is 2.33. The summed E-state index contributed by atoms with van der Waals surface area (Å²) in [6.45, 7) is 1.72. The molecule has 0 aliphatic heterocycles. The third-order valence-electron chi connectivity index (χ3n) is 3.55. The fourth-order valence-corrected chi connectivity index (χ4v) is 2.34. The maximum atomic E-state index is 13.2. The first-order chi connectivity index (χ1) is 7.51.